The van der Waals surface area contributed by atoms with Crippen molar-refractivity contribution in [2.45, 2.75) is 30.7 Å². The van der Waals surface area contributed by atoms with Crippen molar-refractivity contribution in [3.8, 4) is 0 Å². The maximum atomic E-state index is 9.31. The van der Waals surface area contributed by atoms with Crippen LogP contribution in [0.4, 0.5) is 0 Å². The molecule has 52 valence electrons. The first kappa shape index (κ1) is 5.99. The van der Waals surface area contributed by atoms with E-state index in [2.05, 4.69) is 0 Å². The van der Waals surface area contributed by atoms with Crippen LogP contribution in [0.3, 0.4) is 0 Å². The first-order valence-corrected chi connectivity index (χ1v) is 4.05. The largest absolute Gasteiger partial charge is 0.393 e. The fourth-order valence-corrected chi connectivity index (χ4v) is 2.73. The summed E-state index contributed by atoms with van der Waals surface area (Å²) < 4.78 is 0. The highest BCUT2D eigenvalue weighted by molar-refractivity contribution is 6.21. The topological polar surface area (TPSA) is 20.2 Å². The molecule has 0 aliphatic heterocycles. The minimum absolute atomic E-state index is 0.0775. The van der Waals surface area contributed by atoms with Gasteiger partial charge >= 0.3 is 0 Å². The lowest BCUT2D eigenvalue weighted by molar-refractivity contribution is 0.114. The molecule has 0 aromatic rings. The average molecular weight is 147 g/mol. The minimum Gasteiger partial charge on any atom is -0.393 e. The lowest BCUT2D eigenvalue weighted by Crippen LogP contribution is -2.16. The van der Waals surface area contributed by atoms with Gasteiger partial charge in [-0.25, -0.2) is 0 Å². The van der Waals surface area contributed by atoms with E-state index in [0.29, 0.717) is 17.2 Å². The molecule has 2 aliphatic carbocycles. The summed E-state index contributed by atoms with van der Waals surface area (Å²) in [6.45, 7) is 0. The summed E-state index contributed by atoms with van der Waals surface area (Å²) in [5.74, 6) is 1.06. The minimum atomic E-state index is -0.0775. The second-order valence-electron chi connectivity index (χ2n) is 3.25. The molecular weight excluding hydrogens is 136 g/mol. The second-order valence-corrected chi connectivity index (χ2v) is 3.75. The molecule has 0 amide bonds. The van der Waals surface area contributed by atoms with Crippen molar-refractivity contribution < 1.29 is 5.11 Å². The van der Waals surface area contributed by atoms with E-state index in [0.717, 1.165) is 12.8 Å². The van der Waals surface area contributed by atoms with Crippen molar-refractivity contribution in [2.75, 3.05) is 0 Å². The van der Waals surface area contributed by atoms with Gasteiger partial charge in [0.25, 0.3) is 0 Å². The van der Waals surface area contributed by atoms with Crippen LogP contribution in [0.2, 0.25) is 0 Å². The van der Waals surface area contributed by atoms with E-state index >= 15 is 0 Å². The number of aliphatic hydroxyl groups is 1. The SMILES string of the molecule is OC1C[C@@H]2CC[C@H]1C2Cl. The molecule has 2 aliphatic rings. The third-order valence-electron chi connectivity index (χ3n) is 2.77. The van der Waals surface area contributed by atoms with Crippen LogP contribution in [-0.2, 0) is 0 Å². The molecule has 9 heavy (non-hydrogen) atoms. The van der Waals surface area contributed by atoms with E-state index in [1.807, 2.05) is 0 Å². The number of hydrogen-bond donors (Lipinski definition) is 1. The molecule has 2 heteroatoms. The Hall–Kier alpha value is 0.250. The summed E-state index contributed by atoms with van der Waals surface area (Å²) >= 11 is 6.01. The summed E-state index contributed by atoms with van der Waals surface area (Å²) in [6.07, 6.45) is 3.28. The van der Waals surface area contributed by atoms with Gasteiger partial charge in [0.05, 0.1) is 6.10 Å². The summed E-state index contributed by atoms with van der Waals surface area (Å²) in [5, 5.41) is 9.60. The zero-order valence-electron chi connectivity index (χ0n) is 5.26. The van der Waals surface area contributed by atoms with Crippen LogP contribution >= 0.6 is 11.6 Å². The predicted molar refractivity (Wildman–Crippen MR) is 36.5 cm³/mol. The highest BCUT2D eigenvalue weighted by Gasteiger charge is 2.46. The van der Waals surface area contributed by atoms with Crippen LogP contribution in [0.1, 0.15) is 19.3 Å². The molecule has 0 aromatic carbocycles. The van der Waals surface area contributed by atoms with Crippen LogP contribution in [-0.4, -0.2) is 16.6 Å². The fourth-order valence-electron chi connectivity index (χ4n) is 2.21. The summed E-state index contributed by atoms with van der Waals surface area (Å²) in [5.41, 5.74) is 0. The van der Waals surface area contributed by atoms with Crippen molar-refractivity contribution in [1.29, 1.82) is 0 Å². The molecule has 0 heterocycles. The Morgan fingerprint density at radius 1 is 1.33 bits per heavy atom. The zero-order chi connectivity index (χ0) is 6.43. The summed E-state index contributed by atoms with van der Waals surface area (Å²) in [6, 6.07) is 0. The Bertz CT molecular complexity index is 126. The molecule has 2 fully saturated rings. The van der Waals surface area contributed by atoms with Crippen LogP contribution < -0.4 is 0 Å². The first-order valence-electron chi connectivity index (χ1n) is 3.61. The van der Waals surface area contributed by atoms with Gasteiger partial charge in [0, 0.05) is 11.3 Å². The Labute approximate surface area is 60.0 Å². The average Bonchev–Trinajstić information content (AvgIpc) is 2.25. The molecular formula is C7H11ClO. The van der Waals surface area contributed by atoms with E-state index in [9.17, 15) is 5.11 Å². The Kier molecular flexibility index (Phi) is 1.24. The summed E-state index contributed by atoms with van der Waals surface area (Å²) in [4.78, 5) is 0. The number of hydrogen-bond acceptors (Lipinski definition) is 1. The quantitative estimate of drug-likeness (QED) is 0.512. The highest BCUT2D eigenvalue weighted by Crippen LogP contribution is 2.47. The van der Waals surface area contributed by atoms with Gasteiger partial charge in [-0.15, -0.1) is 11.6 Å². The van der Waals surface area contributed by atoms with Gasteiger partial charge in [-0.05, 0) is 25.2 Å². The number of aliphatic hydroxyl groups excluding tert-OH is 1. The molecule has 2 bridgehead atoms. The van der Waals surface area contributed by atoms with E-state index in [-0.39, 0.29) is 6.10 Å². The maximum Gasteiger partial charge on any atom is 0.0585 e. The Morgan fingerprint density at radius 3 is 2.33 bits per heavy atom. The Balaban J connectivity index is 2.16. The van der Waals surface area contributed by atoms with E-state index in [1.54, 1.807) is 0 Å². The molecule has 0 spiro atoms. The van der Waals surface area contributed by atoms with Gasteiger partial charge in [-0.1, -0.05) is 0 Å². The molecule has 1 nitrogen and oxygen atoms in total. The van der Waals surface area contributed by atoms with Crippen LogP contribution in [0.5, 0.6) is 0 Å². The third-order valence-corrected chi connectivity index (χ3v) is 3.45. The maximum absolute atomic E-state index is 9.31. The third kappa shape index (κ3) is 0.714. The zero-order valence-corrected chi connectivity index (χ0v) is 6.01. The highest BCUT2D eigenvalue weighted by atomic mass is 35.5. The van der Waals surface area contributed by atoms with Crippen molar-refractivity contribution in [1.82, 2.24) is 0 Å². The van der Waals surface area contributed by atoms with Gasteiger partial charge in [0.15, 0.2) is 0 Å². The van der Waals surface area contributed by atoms with Crippen molar-refractivity contribution >= 4 is 11.6 Å². The molecule has 4 atom stereocenters. The monoisotopic (exact) mass is 146 g/mol. The van der Waals surface area contributed by atoms with E-state index in [1.165, 1.54) is 6.42 Å². The predicted octanol–water partition coefficient (Wildman–Crippen LogP) is 1.38. The van der Waals surface area contributed by atoms with Crippen LogP contribution in [0, 0.1) is 11.8 Å². The fraction of sp³-hybridized carbons (Fsp3) is 1.00. The van der Waals surface area contributed by atoms with Gasteiger partial charge in [0.1, 0.15) is 0 Å². The van der Waals surface area contributed by atoms with Crippen molar-refractivity contribution in [2.24, 2.45) is 11.8 Å². The van der Waals surface area contributed by atoms with E-state index in [4.69, 9.17) is 11.6 Å². The normalized spacial score (nSPS) is 56.7. The number of rotatable bonds is 0. The lowest BCUT2D eigenvalue weighted by atomic mass is 9.98. The number of halogens is 1. The van der Waals surface area contributed by atoms with Crippen molar-refractivity contribution in [3.63, 3.8) is 0 Å². The van der Waals surface area contributed by atoms with Crippen LogP contribution in [0.25, 0.3) is 0 Å². The lowest BCUT2D eigenvalue weighted by Gasteiger charge is -2.14. The standard InChI is InChI=1S/C7H11ClO/c8-7-4-1-2-5(7)6(9)3-4/h4-7,9H,1-3H2/t4-,5+,6?,7?/m0/s1. The summed E-state index contributed by atoms with van der Waals surface area (Å²) in [7, 11) is 0. The number of fused-ring (bicyclic) bond motifs is 2. The smallest absolute Gasteiger partial charge is 0.0585 e. The number of alkyl halides is 1. The molecule has 2 saturated carbocycles. The van der Waals surface area contributed by atoms with Crippen LogP contribution in [0.15, 0.2) is 0 Å². The molecule has 0 radical (unpaired) electrons. The molecule has 0 aromatic heterocycles. The molecule has 1 N–H and O–H groups in total. The van der Waals surface area contributed by atoms with Gasteiger partial charge in [-0.2, -0.15) is 0 Å². The molecule has 2 rings (SSSR count). The van der Waals surface area contributed by atoms with Crippen molar-refractivity contribution in [3.05, 3.63) is 0 Å². The van der Waals surface area contributed by atoms with Gasteiger partial charge in [-0.3, -0.25) is 0 Å². The Morgan fingerprint density at radius 2 is 2.11 bits per heavy atom. The van der Waals surface area contributed by atoms with E-state index < -0.39 is 0 Å². The van der Waals surface area contributed by atoms with Gasteiger partial charge < -0.3 is 5.11 Å². The molecule has 2 unspecified atom stereocenters. The second kappa shape index (κ2) is 1.86. The molecule has 0 saturated heterocycles. The van der Waals surface area contributed by atoms with Gasteiger partial charge in [0.2, 0.25) is 0 Å². The first-order chi connectivity index (χ1) is 4.29.